The van der Waals surface area contributed by atoms with Gasteiger partial charge in [-0.1, -0.05) is 29.3 Å². The number of nitrogens with zero attached hydrogens (tertiary/aromatic N) is 8. The second-order valence-corrected chi connectivity index (χ2v) is 11.1. The summed E-state index contributed by atoms with van der Waals surface area (Å²) in [5, 5.41) is 12.2. The molecule has 1 aromatic carbocycles. The number of rotatable bonds is 12. The number of methoxy groups -OCH3 is 1. The molecule has 4 aromatic rings. The van der Waals surface area contributed by atoms with Crippen molar-refractivity contribution in [1.82, 2.24) is 34.7 Å². The van der Waals surface area contributed by atoms with E-state index in [0.717, 1.165) is 16.8 Å². The third-order valence-electron chi connectivity index (χ3n) is 7.46. The van der Waals surface area contributed by atoms with E-state index in [0.29, 0.717) is 77.7 Å². The molecule has 1 atom stereocenters. The molecule has 3 aromatic heterocycles. The smallest absolute Gasteiger partial charge is 0.311 e. The minimum Gasteiger partial charge on any atom is -0.463 e. The average Bonchev–Trinajstić information content (AvgIpc) is 3.80. The Hall–Kier alpha value is -4.30. The van der Waals surface area contributed by atoms with Crippen molar-refractivity contribution in [3.05, 3.63) is 86.5 Å². The van der Waals surface area contributed by atoms with Crippen LogP contribution in [0.1, 0.15) is 36.0 Å². The molecule has 2 aliphatic rings. The van der Waals surface area contributed by atoms with Gasteiger partial charge in [0.1, 0.15) is 23.9 Å². The molecule has 0 saturated carbocycles. The molecular formula is C30H28Cl2N8O5. The zero-order chi connectivity index (χ0) is 31.3. The second-order valence-electron chi connectivity index (χ2n) is 10.3. The number of halogens is 2. The predicted octanol–water partition coefficient (Wildman–Crippen LogP) is 3.62. The van der Waals surface area contributed by atoms with Gasteiger partial charge >= 0.3 is 5.97 Å². The number of carbonyl (C=O) groups is 1. The number of pyridine rings is 1. The van der Waals surface area contributed by atoms with Gasteiger partial charge in [-0.15, -0.1) is 5.10 Å². The predicted molar refractivity (Wildman–Crippen MR) is 165 cm³/mol. The quantitative estimate of drug-likeness (QED) is 0.126. The average molecular weight is 652 g/mol. The second kappa shape index (κ2) is 13.8. The summed E-state index contributed by atoms with van der Waals surface area (Å²) >= 11 is 12.9. The Kier molecular flexibility index (Phi) is 9.40. The van der Waals surface area contributed by atoms with Gasteiger partial charge in [0.2, 0.25) is 0 Å². The first kappa shape index (κ1) is 30.7. The fourth-order valence-corrected chi connectivity index (χ4v) is 5.80. The third kappa shape index (κ3) is 6.86. The van der Waals surface area contributed by atoms with Crippen molar-refractivity contribution in [3.8, 4) is 16.9 Å². The lowest BCUT2D eigenvalue weighted by Crippen LogP contribution is -2.28. The van der Waals surface area contributed by atoms with Crippen molar-refractivity contribution in [3.63, 3.8) is 0 Å². The molecule has 0 fully saturated rings. The van der Waals surface area contributed by atoms with Crippen LogP contribution in [0.5, 0.6) is 0 Å². The number of ether oxygens (including phenoxy) is 3. The maximum absolute atomic E-state index is 13.5. The number of esters is 1. The van der Waals surface area contributed by atoms with Gasteiger partial charge in [-0.05, 0) is 46.7 Å². The normalized spacial score (nSPS) is 15.8. The Labute approximate surface area is 267 Å². The number of hydrogen-bond acceptors (Lipinski definition) is 11. The van der Waals surface area contributed by atoms with Crippen LogP contribution in [0.2, 0.25) is 5.02 Å². The Bertz CT molecular complexity index is 1820. The molecule has 13 nitrogen and oxygen atoms in total. The Balaban J connectivity index is 1.12. The fourth-order valence-electron chi connectivity index (χ4n) is 5.35. The van der Waals surface area contributed by atoms with E-state index in [1.807, 2.05) is 6.07 Å². The molecule has 6 rings (SSSR count). The monoisotopic (exact) mass is 650 g/mol. The molecule has 232 valence electrons. The Morgan fingerprint density at radius 1 is 1.09 bits per heavy atom. The van der Waals surface area contributed by atoms with Crippen molar-refractivity contribution in [2.24, 2.45) is 4.99 Å². The number of carbonyl (C=O) groups excluding carboxylic acids is 1. The first-order chi connectivity index (χ1) is 21.9. The highest BCUT2D eigenvalue weighted by atomic mass is 35.5. The van der Waals surface area contributed by atoms with Gasteiger partial charge < -0.3 is 14.2 Å². The Morgan fingerprint density at radius 3 is 2.73 bits per heavy atom. The van der Waals surface area contributed by atoms with Crippen LogP contribution in [0.15, 0.2) is 63.9 Å². The first-order valence-corrected chi connectivity index (χ1v) is 15.0. The topological polar surface area (TPSA) is 148 Å². The SMILES string of the molecule is COCCOCCOC(=O)Cc1ccc(C2=C(Cl)N=C([C@@H]3CCc4nc(-c5cc(Cl)ccc5-n5cnnn5)cc(=O)n43)C2)cn1. The molecule has 0 saturated heterocycles. The summed E-state index contributed by atoms with van der Waals surface area (Å²) in [4.78, 5) is 39.6. The van der Waals surface area contributed by atoms with Crippen molar-refractivity contribution < 1.29 is 19.0 Å². The van der Waals surface area contributed by atoms with Gasteiger partial charge in [0.25, 0.3) is 5.56 Å². The number of aliphatic imine (C=N–C) groups is 1. The number of allylic oxidation sites excluding steroid dienone is 1. The third-order valence-corrected chi connectivity index (χ3v) is 8.01. The van der Waals surface area contributed by atoms with Gasteiger partial charge in [0.05, 0.1) is 49.4 Å². The zero-order valence-corrected chi connectivity index (χ0v) is 25.7. The summed E-state index contributed by atoms with van der Waals surface area (Å²) in [5.74, 6) is 0.260. The van der Waals surface area contributed by atoms with Crippen molar-refractivity contribution in [2.45, 2.75) is 31.7 Å². The molecule has 0 amide bonds. The number of hydrogen-bond donors (Lipinski definition) is 0. The molecule has 0 spiro atoms. The van der Waals surface area contributed by atoms with E-state index >= 15 is 0 Å². The largest absolute Gasteiger partial charge is 0.463 e. The van der Waals surface area contributed by atoms with Crippen molar-refractivity contribution >= 4 is 40.5 Å². The number of aryl methyl sites for hydroxylation is 1. The molecule has 0 N–H and O–H groups in total. The van der Waals surface area contributed by atoms with Gasteiger partial charge in [-0.25, -0.2) is 9.98 Å². The van der Waals surface area contributed by atoms with Gasteiger partial charge in [-0.3, -0.25) is 19.1 Å². The van der Waals surface area contributed by atoms with Crippen LogP contribution < -0.4 is 5.56 Å². The standard InChI is InChI=1S/C30H28Cl2N8O5/c1-43-8-9-44-10-11-45-29(42)13-20-4-2-18(16-33-20)21-14-24(36-30(21)32)26-6-7-27-35-23(15-28(41)40(26)27)22-12-19(31)3-5-25(22)39-17-34-37-38-39/h2-5,12,15-17,26H,6-11,13-14H2,1H3/t26-/m0/s1. The van der Waals surface area contributed by atoms with Crippen LogP contribution in [0.4, 0.5) is 0 Å². The molecule has 0 unspecified atom stereocenters. The van der Waals surface area contributed by atoms with Crippen molar-refractivity contribution in [1.29, 1.82) is 0 Å². The summed E-state index contributed by atoms with van der Waals surface area (Å²) in [6, 6.07) is 10.1. The van der Waals surface area contributed by atoms with E-state index in [4.69, 9.17) is 42.4 Å². The molecule has 5 heterocycles. The van der Waals surface area contributed by atoms with Crippen LogP contribution in [0.3, 0.4) is 0 Å². The minimum absolute atomic E-state index is 0.0377. The van der Waals surface area contributed by atoms with E-state index in [1.54, 1.807) is 42.1 Å². The summed E-state index contributed by atoms with van der Waals surface area (Å²) in [6.45, 7) is 1.39. The molecule has 45 heavy (non-hydrogen) atoms. The summed E-state index contributed by atoms with van der Waals surface area (Å²) in [7, 11) is 1.59. The molecule has 0 aliphatic carbocycles. The molecule has 15 heteroatoms. The van der Waals surface area contributed by atoms with Gasteiger partial charge in [0.15, 0.2) is 0 Å². The molecular weight excluding hydrogens is 623 g/mol. The summed E-state index contributed by atoms with van der Waals surface area (Å²) in [5.41, 5.74) is 4.51. The summed E-state index contributed by atoms with van der Waals surface area (Å²) < 4.78 is 18.6. The molecule has 0 bridgehead atoms. The van der Waals surface area contributed by atoms with Crippen LogP contribution in [0.25, 0.3) is 22.5 Å². The van der Waals surface area contributed by atoms with Gasteiger partial charge in [-0.2, -0.15) is 4.68 Å². The van der Waals surface area contributed by atoms with Crippen molar-refractivity contribution in [2.75, 3.05) is 33.5 Å². The minimum atomic E-state index is -0.390. The maximum atomic E-state index is 13.5. The van der Waals surface area contributed by atoms with Crippen LogP contribution >= 0.6 is 23.2 Å². The lowest BCUT2D eigenvalue weighted by Gasteiger charge is -2.16. The van der Waals surface area contributed by atoms with Crippen LogP contribution in [0, 0.1) is 0 Å². The van der Waals surface area contributed by atoms with Crippen LogP contribution in [-0.2, 0) is 31.8 Å². The number of aromatic nitrogens is 7. The maximum Gasteiger partial charge on any atom is 0.311 e. The lowest BCUT2D eigenvalue weighted by atomic mass is 9.99. The number of benzene rings is 1. The fraction of sp³-hybridized carbons (Fsp3) is 0.333. The molecule has 2 aliphatic heterocycles. The van der Waals surface area contributed by atoms with E-state index < -0.39 is 5.97 Å². The van der Waals surface area contributed by atoms with E-state index in [1.165, 1.54) is 17.1 Å². The first-order valence-electron chi connectivity index (χ1n) is 14.2. The highest BCUT2D eigenvalue weighted by Crippen LogP contribution is 2.38. The van der Waals surface area contributed by atoms with Crippen LogP contribution in [-0.4, -0.2) is 80.0 Å². The number of tetrazole rings is 1. The Morgan fingerprint density at radius 2 is 1.96 bits per heavy atom. The van der Waals surface area contributed by atoms with Gasteiger partial charge in [0, 0.05) is 54.1 Å². The van der Waals surface area contributed by atoms with E-state index in [2.05, 4.69) is 25.5 Å². The lowest BCUT2D eigenvalue weighted by molar-refractivity contribution is -0.144. The molecule has 0 radical (unpaired) electrons. The number of fused-ring (bicyclic) bond motifs is 1. The highest BCUT2D eigenvalue weighted by Gasteiger charge is 2.33. The van der Waals surface area contributed by atoms with E-state index in [9.17, 15) is 9.59 Å². The van der Waals surface area contributed by atoms with E-state index in [-0.39, 0.29) is 24.6 Å². The summed E-state index contributed by atoms with van der Waals surface area (Å²) in [6.07, 6.45) is 4.89. The highest BCUT2D eigenvalue weighted by molar-refractivity contribution is 6.35. The zero-order valence-electron chi connectivity index (χ0n) is 24.2.